The minimum Gasteiger partial charge on any atom is -0.493 e. The van der Waals surface area contributed by atoms with Gasteiger partial charge in [0.05, 0.1) is 18.7 Å². The van der Waals surface area contributed by atoms with Gasteiger partial charge in [0.2, 0.25) is 11.8 Å². The van der Waals surface area contributed by atoms with E-state index in [0.29, 0.717) is 22.9 Å². The van der Waals surface area contributed by atoms with Crippen molar-refractivity contribution in [2.75, 3.05) is 36.5 Å². The Morgan fingerprint density at radius 3 is 2.61 bits per heavy atom. The predicted molar refractivity (Wildman–Crippen MR) is 124 cm³/mol. The Bertz CT molecular complexity index is 1000. The molecule has 174 valence electrons. The highest BCUT2D eigenvalue weighted by atomic mass is 16.5. The standard InChI is InChI=1S/C25H29N3O5/c1-18-25(31)28(17-24(30)27-13-6-3-7-14-27)21-16-19(10-11-22(21)33-18)26-23(29)12-15-32-20-8-4-2-5-9-20/h2,4-5,8-11,16,18H,3,6-7,12-15,17H2,1H3,(H,26,29). The molecule has 8 heteroatoms. The maximum Gasteiger partial charge on any atom is 0.268 e. The minimum absolute atomic E-state index is 0.0398. The van der Waals surface area contributed by atoms with E-state index in [0.717, 1.165) is 32.4 Å². The number of hydrogen-bond acceptors (Lipinski definition) is 5. The number of benzene rings is 2. The van der Waals surface area contributed by atoms with E-state index in [4.69, 9.17) is 9.47 Å². The smallest absolute Gasteiger partial charge is 0.268 e. The maximum atomic E-state index is 12.8. The first-order valence-corrected chi connectivity index (χ1v) is 11.4. The molecule has 1 saturated heterocycles. The Hall–Kier alpha value is -3.55. The van der Waals surface area contributed by atoms with Crippen molar-refractivity contribution in [1.29, 1.82) is 0 Å². The van der Waals surface area contributed by atoms with Crippen LogP contribution in [0.3, 0.4) is 0 Å². The molecule has 33 heavy (non-hydrogen) atoms. The molecular weight excluding hydrogens is 422 g/mol. The molecule has 0 aliphatic carbocycles. The summed E-state index contributed by atoms with van der Waals surface area (Å²) in [5.41, 5.74) is 1.02. The average molecular weight is 452 g/mol. The van der Waals surface area contributed by atoms with Gasteiger partial charge in [0.15, 0.2) is 6.10 Å². The molecule has 1 atom stereocenters. The quantitative estimate of drug-likeness (QED) is 0.698. The number of fused-ring (bicyclic) bond motifs is 1. The summed E-state index contributed by atoms with van der Waals surface area (Å²) >= 11 is 0. The summed E-state index contributed by atoms with van der Waals surface area (Å²) in [6.07, 6.45) is 2.59. The van der Waals surface area contributed by atoms with Gasteiger partial charge in [-0.25, -0.2) is 0 Å². The highest BCUT2D eigenvalue weighted by molar-refractivity contribution is 6.04. The van der Waals surface area contributed by atoms with E-state index in [2.05, 4.69) is 5.32 Å². The van der Waals surface area contributed by atoms with Gasteiger partial charge in [-0.15, -0.1) is 0 Å². The van der Waals surface area contributed by atoms with Crippen molar-refractivity contribution < 1.29 is 23.9 Å². The summed E-state index contributed by atoms with van der Waals surface area (Å²) in [4.78, 5) is 41.3. The lowest BCUT2D eigenvalue weighted by atomic mass is 10.1. The maximum absolute atomic E-state index is 12.8. The first-order valence-electron chi connectivity index (χ1n) is 11.4. The fraction of sp³-hybridized carbons (Fsp3) is 0.400. The highest BCUT2D eigenvalue weighted by Crippen LogP contribution is 2.36. The molecule has 0 saturated carbocycles. The highest BCUT2D eigenvalue weighted by Gasteiger charge is 2.34. The summed E-state index contributed by atoms with van der Waals surface area (Å²) in [5.74, 6) is 0.665. The molecule has 8 nitrogen and oxygen atoms in total. The zero-order valence-corrected chi connectivity index (χ0v) is 18.8. The third kappa shape index (κ3) is 5.63. The Morgan fingerprint density at radius 1 is 1.09 bits per heavy atom. The van der Waals surface area contributed by atoms with Crippen LogP contribution in [-0.4, -0.2) is 55.0 Å². The minimum atomic E-state index is -0.678. The number of ether oxygens (including phenoxy) is 2. The van der Waals surface area contributed by atoms with E-state index in [1.54, 1.807) is 25.1 Å². The monoisotopic (exact) mass is 451 g/mol. The van der Waals surface area contributed by atoms with Crippen LogP contribution < -0.4 is 19.7 Å². The number of nitrogens with one attached hydrogen (secondary N) is 1. The van der Waals surface area contributed by atoms with E-state index >= 15 is 0 Å². The van der Waals surface area contributed by atoms with Crippen molar-refractivity contribution in [2.24, 2.45) is 0 Å². The third-order valence-electron chi connectivity index (χ3n) is 5.79. The Balaban J connectivity index is 1.41. The molecule has 1 fully saturated rings. The number of anilines is 2. The fourth-order valence-electron chi connectivity index (χ4n) is 4.03. The second kappa shape index (κ2) is 10.4. The van der Waals surface area contributed by atoms with Gasteiger partial charge >= 0.3 is 0 Å². The fourth-order valence-corrected chi connectivity index (χ4v) is 4.03. The van der Waals surface area contributed by atoms with Crippen LogP contribution in [-0.2, 0) is 14.4 Å². The zero-order chi connectivity index (χ0) is 23.2. The van der Waals surface area contributed by atoms with Crippen molar-refractivity contribution in [3.8, 4) is 11.5 Å². The van der Waals surface area contributed by atoms with Gasteiger partial charge in [-0.2, -0.15) is 0 Å². The molecule has 1 N–H and O–H groups in total. The van der Waals surface area contributed by atoms with E-state index in [1.807, 2.05) is 35.2 Å². The summed E-state index contributed by atoms with van der Waals surface area (Å²) < 4.78 is 11.3. The van der Waals surface area contributed by atoms with Crippen molar-refractivity contribution in [3.05, 3.63) is 48.5 Å². The molecular formula is C25H29N3O5. The average Bonchev–Trinajstić information content (AvgIpc) is 2.83. The number of likely N-dealkylation sites (tertiary alicyclic amines) is 1. The number of para-hydroxylation sites is 1. The van der Waals surface area contributed by atoms with Gasteiger partial charge < -0.3 is 19.7 Å². The van der Waals surface area contributed by atoms with Gasteiger partial charge in [0.25, 0.3) is 5.91 Å². The lowest BCUT2D eigenvalue weighted by molar-refractivity contribution is -0.133. The molecule has 1 unspecified atom stereocenters. The van der Waals surface area contributed by atoms with Crippen LogP contribution in [0.4, 0.5) is 11.4 Å². The molecule has 2 aliphatic heterocycles. The second-order valence-electron chi connectivity index (χ2n) is 8.27. The summed E-state index contributed by atoms with van der Waals surface area (Å²) in [7, 11) is 0. The number of piperidine rings is 1. The summed E-state index contributed by atoms with van der Waals surface area (Å²) in [6, 6.07) is 14.4. The Kier molecular flexibility index (Phi) is 7.12. The molecule has 2 aromatic carbocycles. The number of hydrogen-bond donors (Lipinski definition) is 1. The van der Waals surface area contributed by atoms with Crippen LogP contribution in [0.5, 0.6) is 11.5 Å². The molecule has 0 bridgehead atoms. The molecule has 2 heterocycles. The van der Waals surface area contributed by atoms with Crippen molar-refractivity contribution in [2.45, 2.75) is 38.7 Å². The van der Waals surface area contributed by atoms with Crippen molar-refractivity contribution in [1.82, 2.24) is 4.90 Å². The van der Waals surface area contributed by atoms with Crippen LogP contribution in [0.15, 0.2) is 48.5 Å². The molecule has 2 aromatic rings. The summed E-state index contributed by atoms with van der Waals surface area (Å²) in [5, 5.41) is 2.83. The van der Waals surface area contributed by atoms with E-state index in [1.165, 1.54) is 4.90 Å². The third-order valence-corrected chi connectivity index (χ3v) is 5.79. The molecule has 2 aliphatic rings. The lowest BCUT2D eigenvalue weighted by Gasteiger charge is -2.35. The molecule has 3 amide bonds. The number of carbonyl (C=O) groups is 3. The van der Waals surface area contributed by atoms with Crippen molar-refractivity contribution >= 4 is 29.1 Å². The molecule has 0 radical (unpaired) electrons. The number of nitrogens with zero attached hydrogens (tertiary/aromatic N) is 2. The van der Waals surface area contributed by atoms with Crippen LogP contribution in [0, 0.1) is 0 Å². The SMILES string of the molecule is CC1Oc2ccc(NC(=O)CCOc3ccccc3)cc2N(CC(=O)N2CCCCC2)C1=O. The van der Waals surface area contributed by atoms with Crippen LogP contribution in [0.2, 0.25) is 0 Å². The van der Waals surface area contributed by atoms with Crippen LogP contribution in [0.1, 0.15) is 32.6 Å². The van der Waals surface area contributed by atoms with Gasteiger partial charge in [-0.05, 0) is 56.5 Å². The van der Waals surface area contributed by atoms with Gasteiger partial charge in [0, 0.05) is 18.8 Å². The molecule has 4 rings (SSSR count). The zero-order valence-electron chi connectivity index (χ0n) is 18.8. The van der Waals surface area contributed by atoms with E-state index in [-0.39, 0.29) is 37.3 Å². The first-order chi connectivity index (χ1) is 16.0. The molecule has 0 spiro atoms. The summed E-state index contributed by atoms with van der Waals surface area (Å²) in [6.45, 7) is 3.33. The topological polar surface area (TPSA) is 88.2 Å². The van der Waals surface area contributed by atoms with E-state index < -0.39 is 6.10 Å². The van der Waals surface area contributed by atoms with E-state index in [9.17, 15) is 14.4 Å². The lowest BCUT2D eigenvalue weighted by Crippen LogP contribution is -2.50. The normalized spacial score (nSPS) is 17.7. The molecule has 0 aromatic heterocycles. The van der Waals surface area contributed by atoms with Gasteiger partial charge in [-0.3, -0.25) is 19.3 Å². The van der Waals surface area contributed by atoms with Gasteiger partial charge in [-0.1, -0.05) is 18.2 Å². The second-order valence-corrected chi connectivity index (χ2v) is 8.27. The Morgan fingerprint density at radius 2 is 1.85 bits per heavy atom. The van der Waals surface area contributed by atoms with Crippen LogP contribution in [0.25, 0.3) is 0 Å². The largest absolute Gasteiger partial charge is 0.493 e. The van der Waals surface area contributed by atoms with Crippen LogP contribution >= 0.6 is 0 Å². The van der Waals surface area contributed by atoms with Crippen molar-refractivity contribution in [3.63, 3.8) is 0 Å². The Labute approximate surface area is 193 Å². The predicted octanol–water partition coefficient (Wildman–Crippen LogP) is 3.22. The number of rotatable bonds is 7. The number of amides is 3. The number of carbonyl (C=O) groups excluding carboxylic acids is 3. The van der Waals surface area contributed by atoms with Gasteiger partial charge in [0.1, 0.15) is 18.0 Å². The first kappa shape index (κ1) is 22.6.